The fourth-order valence-electron chi connectivity index (χ4n) is 1.71. The zero-order valence-electron chi connectivity index (χ0n) is 9.38. The summed E-state index contributed by atoms with van der Waals surface area (Å²) in [6.07, 6.45) is -1.46. The third-order valence-corrected chi connectivity index (χ3v) is 4.48. The maximum absolute atomic E-state index is 13.5. The molecule has 0 unspecified atom stereocenters. The zero-order valence-corrected chi connectivity index (χ0v) is 10.4. The van der Waals surface area contributed by atoms with Crippen molar-refractivity contribution < 1.29 is 39.6 Å². The van der Waals surface area contributed by atoms with Gasteiger partial charge in [0.05, 0.1) is 0 Å². The molecule has 0 aromatic carbocycles. The molecule has 0 saturated heterocycles. The Bertz CT molecular complexity index is 301. The van der Waals surface area contributed by atoms with E-state index < -0.39 is 45.2 Å². The van der Waals surface area contributed by atoms with Crippen LogP contribution in [0.2, 0.25) is 6.04 Å². The Morgan fingerprint density at radius 1 is 0.778 bits per heavy atom. The molecule has 18 heavy (non-hydrogen) atoms. The lowest BCUT2D eigenvalue weighted by Gasteiger charge is -2.54. The molecule has 0 aliphatic heterocycles. The minimum absolute atomic E-state index is 0.602. The third-order valence-electron chi connectivity index (χ3n) is 2.91. The van der Waals surface area contributed by atoms with Gasteiger partial charge in [-0.1, -0.05) is 0 Å². The molecule has 1 fully saturated rings. The molecular weight excluding hydrogens is 289 g/mol. The molecule has 1 saturated carbocycles. The van der Waals surface area contributed by atoms with Crippen molar-refractivity contribution in [2.24, 2.45) is 0 Å². The van der Waals surface area contributed by atoms with Crippen molar-refractivity contribution >= 4 is 9.28 Å². The Balaban J connectivity index is 2.87. The molecule has 0 amide bonds. The van der Waals surface area contributed by atoms with Crippen LogP contribution in [-0.2, 0) is 8.85 Å². The molecule has 0 atom stereocenters. The fourth-order valence-corrected chi connectivity index (χ4v) is 2.83. The molecule has 2 nitrogen and oxygen atoms in total. The van der Waals surface area contributed by atoms with E-state index in [2.05, 4.69) is 8.85 Å². The summed E-state index contributed by atoms with van der Waals surface area (Å²) in [4.78, 5) is 0. The summed E-state index contributed by atoms with van der Waals surface area (Å²) in [6, 6.07) is -0.602. The second-order valence-electron chi connectivity index (χ2n) is 3.80. The Kier molecular flexibility index (Phi) is 3.79. The van der Waals surface area contributed by atoms with Crippen molar-refractivity contribution in [1.29, 1.82) is 0 Å². The van der Waals surface area contributed by atoms with E-state index in [1.54, 1.807) is 0 Å². The van der Waals surface area contributed by atoms with Gasteiger partial charge in [-0.25, -0.2) is 4.39 Å². The second-order valence-corrected chi connectivity index (χ2v) is 5.87. The van der Waals surface area contributed by atoms with Crippen molar-refractivity contribution in [3.8, 4) is 0 Å². The first-order valence-electron chi connectivity index (χ1n) is 4.75. The lowest BCUT2D eigenvalue weighted by Crippen LogP contribution is -2.84. The molecule has 107 valence electrons. The highest BCUT2D eigenvalue weighted by Gasteiger charge is 2.99. The molecule has 0 bridgehead atoms. The molecule has 1 radical (unpaired) electrons. The van der Waals surface area contributed by atoms with E-state index >= 15 is 0 Å². The van der Waals surface area contributed by atoms with Crippen LogP contribution < -0.4 is 0 Å². The fraction of sp³-hybridized carbons (Fsp3) is 1.00. The topological polar surface area (TPSA) is 18.5 Å². The van der Waals surface area contributed by atoms with Crippen molar-refractivity contribution in [2.75, 3.05) is 14.2 Å². The van der Waals surface area contributed by atoms with Gasteiger partial charge in [-0.3, -0.25) is 0 Å². The average Bonchev–Trinajstić information content (AvgIpc) is 2.28. The van der Waals surface area contributed by atoms with Crippen molar-refractivity contribution in [1.82, 2.24) is 0 Å². The standard InChI is InChI=1S/C8H10F7O2Si/c1-16-18(17-2)4-3-5(9)6(10,11)8(14,15)7(5,12)13/h3-4H2,1-2H3. The first-order chi connectivity index (χ1) is 7.99. The molecule has 1 aliphatic carbocycles. The Labute approximate surface area is 99.9 Å². The first-order valence-corrected chi connectivity index (χ1v) is 6.28. The van der Waals surface area contributed by atoms with Gasteiger partial charge in [0.15, 0.2) is 0 Å². The molecule has 0 aromatic rings. The van der Waals surface area contributed by atoms with Gasteiger partial charge in [-0.2, -0.15) is 26.3 Å². The summed E-state index contributed by atoms with van der Waals surface area (Å²) < 4.78 is 99.0. The first kappa shape index (κ1) is 15.7. The molecule has 10 heteroatoms. The average molecular weight is 299 g/mol. The smallest absolute Gasteiger partial charge is 0.384 e. The highest BCUT2D eigenvalue weighted by Crippen LogP contribution is 2.70. The Morgan fingerprint density at radius 2 is 1.17 bits per heavy atom. The zero-order chi connectivity index (χ0) is 14.4. The Morgan fingerprint density at radius 3 is 1.50 bits per heavy atom. The van der Waals surface area contributed by atoms with Crippen molar-refractivity contribution in [3.05, 3.63) is 0 Å². The van der Waals surface area contributed by atoms with E-state index in [0.717, 1.165) is 14.2 Å². The van der Waals surface area contributed by atoms with Crippen LogP contribution in [0.15, 0.2) is 0 Å². The van der Waals surface area contributed by atoms with Crippen molar-refractivity contribution in [3.63, 3.8) is 0 Å². The highest BCUT2D eigenvalue weighted by molar-refractivity contribution is 6.44. The normalized spacial score (nSPS) is 27.0. The minimum atomic E-state index is -5.68. The Hall–Kier alpha value is -0.353. The van der Waals surface area contributed by atoms with E-state index in [4.69, 9.17) is 0 Å². The summed E-state index contributed by atoms with van der Waals surface area (Å²) in [5.74, 6) is -16.5. The predicted octanol–water partition coefficient (Wildman–Crippen LogP) is 2.79. The van der Waals surface area contributed by atoms with Gasteiger partial charge in [0.25, 0.3) is 0 Å². The van der Waals surface area contributed by atoms with Crippen LogP contribution in [-0.4, -0.2) is 46.9 Å². The number of hydrogen-bond acceptors (Lipinski definition) is 2. The maximum atomic E-state index is 13.5. The quantitative estimate of drug-likeness (QED) is 0.574. The van der Waals surface area contributed by atoms with Crippen LogP contribution in [0.5, 0.6) is 0 Å². The predicted molar refractivity (Wildman–Crippen MR) is 47.9 cm³/mol. The summed E-state index contributed by atoms with van der Waals surface area (Å²) in [7, 11) is 0.0188. The summed E-state index contributed by atoms with van der Waals surface area (Å²) in [6.45, 7) is 0. The molecular formula is C8H10F7O2Si. The van der Waals surface area contributed by atoms with E-state index in [-0.39, 0.29) is 0 Å². The van der Waals surface area contributed by atoms with E-state index in [0.29, 0.717) is 0 Å². The van der Waals surface area contributed by atoms with E-state index in [9.17, 15) is 30.7 Å². The molecule has 0 heterocycles. The third kappa shape index (κ3) is 1.61. The van der Waals surface area contributed by atoms with Gasteiger partial charge >= 0.3 is 27.1 Å². The number of halogens is 7. The van der Waals surface area contributed by atoms with Crippen LogP contribution in [0.25, 0.3) is 0 Å². The summed E-state index contributed by atoms with van der Waals surface area (Å²) >= 11 is 0. The second kappa shape index (κ2) is 4.34. The minimum Gasteiger partial charge on any atom is -0.397 e. The van der Waals surface area contributed by atoms with Gasteiger partial charge in [-0.15, -0.1) is 0 Å². The largest absolute Gasteiger partial charge is 0.397 e. The van der Waals surface area contributed by atoms with E-state index in [1.807, 2.05) is 0 Å². The SMILES string of the molecule is CO[Si](CCC1(F)C(F)(F)C(F)(F)C1(F)F)OC. The molecule has 1 rings (SSSR count). The molecule has 0 spiro atoms. The van der Waals surface area contributed by atoms with E-state index in [1.165, 1.54) is 0 Å². The van der Waals surface area contributed by atoms with Gasteiger partial charge in [0.1, 0.15) is 0 Å². The summed E-state index contributed by atoms with van der Waals surface area (Å²) in [5.41, 5.74) is -4.57. The number of alkyl halides is 7. The van der Waals surface area contributed by atoms with Gasteiger partial charge < -0.3 is 8.85 Å². The maximum Gasteiger partial charge on any atom is 0.384 e. The van der Waals surface area contributed by atoms with Gasteiger partial charge in [0.2, 0.25) is 5.67 Å². The van der Waals surface area contributed by atoms with Crippen LogP contribution in [0.1, 0.15) is 6.42 Å². The van der Waals surface area contributed by atoms with Gasteiger partial charge in [0, 0.05) is 14.2 Å². The van der Waals surface area contributed by atoms with Crippen LogP contribution in [0.4, 0.5) is 30.7 Å². The monoisotopic (exact) mass is 299 g/mol. The molecule has 1 aliphatic rings. The highest BCUT2D eigenvalue weighted by atomic mass is 28.3. The lowest BCUT2D eigenvalue weighted by molar-refractivity contribution is -0.473. The van der Waals surface area contributed by atoms with Gasteiger partial charge in [-0.05, 0) is 12.5 Å². The van der Waals surface area contributed by atoms with Crippen molar-refractivity contribution in [2.45, 2.75) is 35.9 Å². The lowest BCUT2D eigenvalue weighted by atomic mass is 9.68. The molecule has 0 N–H and O–H groups in total. The number of hydrogen-bond donors (Lipinski definition) is 0. The van der Waals surface area contributed by atoms with Crippen LogP contribution >= 0.6 is 0 Å². The number of rotatable bonds is 5. The molecule has 0 aromatic heterocycles. The van der Waals surface area contributed by atoms with Crippen LogP contribution in [0.3, 0.4) is 0 Å². The summed E-state index contributed by atoms with van der Waals surface area (Å²) in [5, 5.41) is 0. The van der Waals surface area contributed by atoms with Crippen LogP contribution in [0, 0.1) is 0 Å².